The van der Waals surface area contributed by atoms with Gasteiger partial charge in [0.25, 0.3) is 11.6 Å². The number of anilines is 1. The second-order valence-electron chi connectivity index (χ2n) is 7.40. The van der Waals surface area contributed by atoms with E-state index in [0.717, 1.165) is 5.56 Å². The minimum Gasteiger partial charge on any atom is -0.484 e. The average molecular weight is 513 g/mol. The van der Waals surface area contributed by atoms with Crippen LogP contribution in [-0.4, -0.2) is 10.8 Å². The highest BCUT2D eigenvalue weighted by Crippen LogP contribution is 2.33. The lowest BCUT2D eigenvalue weighted by atomic mass is 10.2. The van der Waals surface area contributed by atoms with Gasteiger partial charge in [-0.2, -0.15) is 0 Å². The number of benzene rings is 3. The van der Waals surface area contributed by atoms with Gasteiger partial charge in [0, 0.05) is 12.1 Å². The van der Waals surface area contributed by atoms with Crippen LogP contribution in [0.1, 0.15) is 21.9 Å². The minimum atomic E-state index is -0.598. The minimum absolute atomic E-state index is 0.00586. The van der Waals surface area contributed by atoms with Gasteiger partial charge in [0.1, 0.15) is 34.6 Å². The predicted molar refractivity (Wildman–Crippen MR) is 132 cm³/mol. The van der Waals surface area contributed by atoms with Crippen LogP contribution in [0.2, 0.25) is 10.0 Å². The van der Waals surface area contributed by atoms with Crippen LogP contribution in [-0.2, 0) is 6.61 Å². The van der Waals surface area contributed by atoms with Gasteiger partial charge in [0.05, 0.1) is 21.7 Å². The van der Waals surface area contributed by atoms with Gasteiger partial charge in [0.2, 0.25) is 0 Å². The SMILES string of the molecule is Cc1ccccc1Oc1cc(NC(=O)c2ccc(COc3cccc(Cl)c3Cl)o2)cc([N+](=O)[O-])c1. The molecule has 35 heavy (non-hydrogen) atoms. The number of hydrogen-bond donors (Lipinski definition) is 1. The quantitative estimate of drug-likeness (QED) is 0.194. The molecule has 4 rings (SSSR count). The van der Waals surface area contributed by atoms with Crippen molar-refractivity contribution in [1.82, 2.24) is 0 Å². The molecule has 0 saturated carbocycles. The van der Waals surface area contributed by atoms with Gasteiger partial charge < -0.3 is 19.2 Å². The largest absolute Gasteiger partial charge is 0.484 e. The molecule has 8 nitrogen and oxygen atoms in total. The van der Waals surface area contributed by atoms with Crippen LogP contribution >= 0.6 is 23.2 Å². The fraction of sp³-hybridized carbons (Fsp3) is 0.0800. The van der Waals surface area contributed by atoms with Gasteiger partial charge in [0.15, 0.2) is 5.76 Å². The number of hydrogen-bond acceptors (Lipinski definition) is 6. The third-order valence-corrected chi connectivity index (χ3v) is 5.65. The molecule has 178 valence electrons. The Morgan fingerprint density at radius 2 is 1.80 bits per heavy atom. The topological polar surface area (TPSA) is 104 Å². The molecule has 0 saturated heterocycles. The number of halogens is 2. The molecule has 0 unspecified atom stereocenters. The van der Waals surface area contributed by atoms with Crippen LogP contribution in [0.25, 0.3) is 0 Å². The molecule has 0 radical (unpaired) electrons. The third kappa shape index (κ3) is 5.92. The number of rotatable bonds is 8. The number of nitro benzene ring substituents is 1. The summed E-state index contributed by atoms with van der Waals surface area (Å²) in [6.07, 6.45) is 0. The molecule has 1 aromatic heterocycles. The van der Waals surface area contributed by atoms with Crippen molar-refractivity contribution in [2.45, 2.75) is 13.5 Å². The van der Waals surface area contributed by atoms with Gasteiger partial charge in [-0.1, -0.05) is 47.5 Å². The van der Waals surface area contributed by atoms with E-state index in [1.165, 1.54) is 24.3 Å². The van der Waals surface area contributed by atoms with Crippen molar-refractivity contribution in [3.63, 3.8) is 0 Å². The Hall–Kier alpha value is -4.01. The highest BCUT2D eigenvalue weighted by atomic mass is 35.5. The number of nitrogens with zero attached hydrogens (tertiary/aromatic N) is 1. The zero-order valence-corrected chi connectivity index (χ0v) is 19.8. The Morgan fingerprint density at radius 1 is 1.03 bits per heavy atom. The second-order valence-corrected chi connectivity index (χ2v) is 8.19. The zero-order chi connectivity index (χ0) is 24.9. The molecule has 0 fully saturated rings. The first-order chi connectivity index (χ1) is 16.8. The fourth-order valence-corrected chi connectivity index (χ4v) is 3.48. The molecule has 3 aromatic carbocycles. The number of carbonyl (C=O) groups excluding carboxylic acids is 1. The Labute approximate surface area is 210 Å². The maximum atomic E-state index is 12.7. The summed E-state index contributed by atoms with van der Waals surface area (Å²) >= 11 is 12.1. The van der Waals surface area contributed by atoms with E-state index in [2.05, 4.69) is 5.32 Å². The highest BCUT2D eigenvalue weighted by Gasteiger charge is 2.17. The lowest BCUT2D eigenvalue weighted by Gasteiger charge is -2.10. The number of para-hydroxylation sites is 1. The van der Waals surface area contributed by atoms with Crippen molar-refractivity contribution in [2.24, 2.45) is 0 Å². The number of aryl methyl sites for hydroxylation is 1. The number of carbonyl (C=O) groups is 1. The van der Waals surface area contributed by atoms with E-state index in [-0.39, 0.29) is 34.5 Å². The van der Waals surface area contributed by atoms with E-state index in [1.54, 1.807) is 36.4 Å². The second kappa shape index (κ2) is 10.5. The number of non-ortho nitro benzene ring substituents is 1. The lowest BCUT2D eigenvalue weighted by molar-refractivity contribution is -0.384. The first-order valence-electron chi connectivity index (χ1n) is 10.3. The van der Waals surface area contributed by atoms with Gasteiger partial charge >= 0.3 is 0 Å². The third-order valence-electron chi connectivity index (χ3n) is 4.85. The maximum absolute atomic E-state index is 12.7. The van der Waals surface area contributed by atoms with Gasteiger partial charge in [-0.15, -0.1) is 0 Å². The van der Waals surface area contributed by atoms with Crippen LogP contribution in [0.5, 0.6) is 17.2 Å². The van der Waals surface area contributed by atoms with Crippen LogP contribution in [0.15, 0.2) is 77.2 Å². The monoisotopic (exact) mass is 512 g/mol. The van der Waals surface area contributed by atoms with Crippen molar-refractivity contribution in [1.29, 1.82) is 0 Å². The molecule has 0 spiro atoms. The molecular formula is C25H18Cl2N2O6. The number of amides is 1. The highest BCUT2D eigenvalue weighted by molar-refractivity contribution is 6.42. The van der Waals surface area contributed by atoms with Gasteiger partial charge in [-0.25, -0.2) is 0 Å². The Bertz CT molecular complexity index is 1400. The first kappa shape index (κ1) is 24.1. The Morgan fingerprint density at radius 3 is 2.57 bits per heavy atom. The average Bonchev–Trinajstić information content (AvgIpc) is 3.31. The first-order valence-corrected chi connectivity index (χ1v) is 11.1. The van der Waals surface area contributed by atoms with Crippen molar-refractivity contribution in [3.05, 3.63) is 110 Å². The maximum Gasteiger partial charge on any atom is 0.291 e. The van der Waals surface area contributed by atoms with Crippen LogP contribution in [0, 0.1) is 17.0 Å². The van der Waals surface area contributed by atoms with E-state index >= 15 is 0 Å². The summed E-state index contributed by atoms with van der Waals surface area (Å²) in [5.74, 6) is 0.887. The molecule has 0 bridgehead atoms. The molecule has 1 N–H and O–H groups in total. The molecule has 0 atom stereocenters. The summed E-state index contributed by atoms with van der Waals surface area (Å²) in [6.45, 7) is 1.87. The van der Waals surface area contributed by atoms with Crippen molar-refractivity contribution in [2.75, 3.05) is 5.32 Å². The lowest BCUT2D eigenvalue weighted by Crippen LogP contribution is -2.11. The number of nitrogens with one attached hydrogen (secondary N) is 1. The summed E-state index contributed by atoms with van der Waals surface area (Å²) in [4.78, 5) is 23.5. The predicted octanol–water partition coefficient (Wildman–Crippen LogP) is 7.43. The molecule has 1 heterocycles. The molecule has 4 aromatic rings. The number of nitro groups is 1. The zero-order valence-electron chi connectivity index (χ0n) is 18.3. The van der Waals surface area contributed by atoms with E-state index in [9.17, 15) is 14.9 Å². The smallest absolute Gasteiger partial charge is 0.291 e. The van der Waals surface area contributed by atoms with Crippen LogP contribution in [0.3, 0.4) is 0 Å². The summed E-state index contributed by atoms with van der Waals surface area (Å²) in [5.41, 5.74) is 0.792. The van der Waals surface area contributed by atoms with Crippen LogP contribution in [0.4, 0.5) is 11.4 Å². The van der Waals surface area contributed by atoms with Gasteiger partial charge in [-0.05, 0) is 42.8 Å². The van der Waals surface area contributed by atoms with E-state index < -0.39 is 10.8 Å². The summed E-state index contributed by atoms with van der Waals surface area (Å²) < 4.78 is 17.0. The van der Waals surface area contributed by atoms with Crippen molar-refractivity contribution >= 4 is 40.5 Å². The number of furan rings is 1. The van der Waals surface area contributed by atoms with Crippen molar-refractivity contribution < 1.29 is 23.6 Å². The molecule has 0 aliphatic rings. The fourth-order valence-electron chi connectivity index (χ4n) is 3.13. The normalized spacial score (nSPS) is 10.6. The summed E-state index contributed by atoms with van der Waals surface area (Å²) in [6, 6.07) is 19.3. The standard InChI is InChI=1S/C25H18Cl2N2O6/c1-15-5-2-3-7-21(15)35-19-12-16(11-17(13-19)29(31)32)28-25(30)23-10-9-18(34-23)14-33-22-8-4-6-20(26)24(22)27/h2-13H,14H2,1H3,(H,28,30). The van der Waals surface area contributed by atoms with Crippen molar-refractivity contribution in [3.8, 4) is 17.2 Å². The summed E-state index contributed by atoms with van der Waals surface area (Å²) in [5, 5.41) is 14.6. The Balaban J connectivity index is 1.48. The van der Waals surface area contributed by atoms with E-state index in [1.807, 2.05) is 19.1 Å². The van der Waals surface area contributed by atoms with Gasteiger partial charge in [-0.3, -0.25) is 14.9 Å². The van der Waals surface area contributed by atoms with E-state index in [4.69, 9.17) is 37.1 Å². The molecule has 10 heteroatoms. The molecule has 0 aliphatic carbocycles. The van der Waals surface area contributed by atoms with E-state index in [0.29, 0.717) is 22.3 Å². The number of ether oxygens (including phenoxy) is 2. The van der Waals surface area contributed by atoms with Crippen LogP contribution < -0.4 is 14.8 Å². The summed E-state index contributed by atoms with van der Waals surface area (Å²) in [7, 11) is 0. The molecule has 1 amide bonds. The molecule has 0 aliphatic heterocycles. The Kier molecular flexibility index (Phi) is 7.24. The molecular weight excluding hydrogens is 495 g/mol.